The van der Waals surface area contributed by atoms with Crippen molar-refractivity contribution in [1.82, 2.24) is 4.98 Å². The number of rotatable bonds is 2. The van der Waals surface area contributed by atoms with Crippen LogP contribution in [0, 0.1) is 0 Å². The number of thiophene rings is 1. The van der Waals surface area contributed by atoms with Crippen LogP contribution in [0.1, 0.15) is 0 Å². The van der Waals surface area contributed by atoms with Gasteiger partial charge in [0.2, 0.25) is 0 Å². The number of aromatic nitrogens is 1. The van der Waals surface area contributed by atoms with Crippen molar-refractivity contribution in [1.29, 1.82) is 0 Å². The van der Waals surface area contributed by atoms with E-state index in [-0.39, 0.29) is 5.75 Å². The van der Waals surface area contributed by atoms with E-state index in [0.29, 0.717) is 5.15 Å². The van der Waals surface area contributed by atoms with E-state index in [2.05, 4.69) is 17.1 Å². The Morgan fingerprint density at radius 3 is 2.26 bits per heavy atom. The van der Waals surface area contributed by atoms with E-state index in [1.54, 1.807) is 29.7 Å². The average molecular weight is 288 g/mol. The number of hydrogen-bond donors (Lipinski definition) is 1. The predicted octanol–water partition coefficient (Wildman–Crippen LogP) is 4.84. The van der Waals surface area contributed by atoms with Gasteiger partial charge in [0.25, 0.3) is 0 Å². The minimum Gasteiger partial charge on any atom is -0.508 e. The zero-order valence-electron chi connectivity index (χ0n) is 9.88. The molecular formula is C15H10ClNOS. The van der Waals surface area contributed by atoms with Crippen molar-refractivity contribution in [2.75, 3.05) is 0 Å². The first-order valence-electron chi connectivity index (χ1n) is 5.73. The normalized spacial score (nSPS) is 10.6. The van der Waals surface area contributed by atoms with Crippen LogP contribution < -0.4 is 0 Å². The number of pyridine rings is 1. The summed E-state index contributed by atoms with van der Waals surface area (Å²) in [6.07, 6.45) is 1.71. The number of hydrogen-bond acceptors (Lipinski definition) is 3. The average Bonchev–Trinajstić information content (AvgIpc) is 2.89. The summed E-state index contributed by atoms with van der Waals surface area (Å²) in [7, 11) is 0. The van der Waals surface area contributed by atoms with Crippen LogP contribution in [0.4, 0.5) is 0 Å². The number of phenols is 1. The van der Waals surface area contributed by atoms with E-state index < -0.39 is 0 Å². The van der Waals surface area contributed by atoms with Crippen LogP contribution in [0.3, 0.4) is 0 Å². The van der Waals surface area contributed by atoms with E-state index in [1.165, 1.54) is 0 Å². The second kappa shape index (κ2) is 5.03. The van der Waals surface area contributed by atoms with Gasteiger partial charge in [-0.1, -0.05) is 11.6 Å². The summed E-state index contributed by atoms with van der Waals surface area (Å²) in [4.78, 5) is 6.28. The third-order valence-corrected chi connectivity index (χ3v) is 4.16. The molecule has 0 amide bonds. The summed E-state index contributed by atoms with van der Waals surface area (Å²) in [5.41, 5.74) is 2.16. The molecule has 2 heterocycles. The molecule has 3 aromatic rings. The monoisotopic (exact) mass is 287 g/mol. The number of aromatic hydroxyl groups is 1. The topological polar surface area (TPSA) is 33.1 Å². The molecule has 19 heavy (non-hydrogen) atoms. The van der Waals surface area contributed by atoms with Gasteiger partial charge in [0.15, 0.2) is 0 Å². The highest BCUT2D eigenvalue weighted by Gasteiger charge is 2.05. The van der Waals surface area contributed by atoms with Crippen molar-refractivity contribution in [3.05, 3.63) is 59.9 Å². The highest BCUT2D eigenvalue weighted by molar-refractivity contribution is 7.18. The zero-order valence-corrected chi connectivity index (χ0v) is 11.4. The maximum atomic E-state index is 9.30. The SMILES string of the molecule is Oc1ccc(-c2ccc(-c3ccnc(Cl)c3)s2)cc1. The molecule has 0 aliphatic carbocycles. The summed E-state index contributed by atoms with van der Waals surface area (Å²) in [5, 5.41) is 9.80. The molecule has 4 heteroatoms. The molecular weight excluding hydrogens is 278 g/mol. The summed E-state index contributed by atoms with van der Waals surface area (Å²) in [5.74, 6) is 0.279. The fraction of sp³-hybridized carbons (Fsp3) is 0. The maximum Gasteiger partial charge on any atom is 0.129 e. The first-order valence-corrected chi connectivity index (χ1v) is 6.93. The minimum absolute atomic E-state index is 0.279. The first kappa shape index (κ1) is 12.2. The first-order chi connectivity index (χ1) is 9.22. The standard InChI is InChI=1S/C15H10ClNOS/c16-15-9-11(7-8-17-15)14-6-5-13(19-14)10-1-3-12(18)4-2-10/h1-9,18H. The van der Waals surface area contributed by atoms with Gasteiger partial charge in [0, 0.05) is 16.0 Å². The number of phenolic OH excluding ortho intramolecular Hbond substituents is 1. The van der Waals surface area contributed by atoms with Crippen LogP contribution in [-0.2, 0) is 0 Å². The summed E-state index contributed by atoms with van der Waals surface area (Å²) in [6, 6.07) is 15.1. The lowest BCUT2D eigenvalue weighted by Crippen LogP contribution is -1.75. The maximum absolute atomic E-state index is 9.30. The molecule has 0 saturated carbocycles. The van der Waals surface area contributed by atoms with Gasteiger partial charge in [0.05, 0.1) is 0 Å². The Balaban J connectivity index is 1.97. The molecule has 1 N–H and O–H groups in total. The smallest absolute Gasteiger partial charge is 0.129 e. The van der Waals surface area contributed by atoms with Crippen molar-refractivity contribution in [3.63, 3.8) is 0 Å². The Morgan fingerprint density at radius 2 is 1.58 bits per heavy atom. The van der Waals surface area contributed by atoms with Crippen LogP contribution in [0.15, 0.2) is 54.7 Å². The van der Waals surface area contributed by atoms with E-state index in [1.807, 2.05) is 24.3 Å². The van der Waals surface area contributed by atoms with Gasteiger partial charge in [-0.15, -0.1) is 11.3 Å². The lowest BCUT2D eigenvalue weighted by molar-refractivity contribution is 0.475. The molecule has 2 nitrogen and oxygen atoms in total. The van der Waals surface area contributed by atoms with Crippen molar-refractivity contribution in [3.8, 4) is 26.6 Å². The Kier molecular flexibility index (Phi) is 3.23. The minimum atomic E-state index is 0.279. The van der Waals surface area contributed by atoms with Crippen molar-refractivity contribution >= 4 is 22.9 Å². The molecule has 0 aliphatic rings. The summed E-state index contributed by atoms with van der Waals surface area (Å²) in [6.45, 7) is 0. The lowest BCUT2D eigenvalue weighted by atomic mass is 10.2. The summed E-state index contributed by atoms with van der Waals surface area (Å²) < 4.78 is 0. The molecule has 0 atom stereocenters. The van der Waals surface area contributed by atoms with Gasteiger partial charge >= 0.3 is 0 Å². The number of benzene rings is 1. The molecule has 3 rings (SSSR count). The molecule has 0 unspecified atom stereocenters. The van der Waals surface area contributed by atoms with Crippen LogP contribution in [0.25, 0.3) is 20.9 Å². The Hall–Kier alpha value is -1.84. The summed E-state index contributed by atoms with van der Waals surface area (Å²) >= 11 is 7.59. The van der Waals surface area contributed by atoms with Crippen molar-refractivity contribution < 1.29 is 5.11 Å². The van der Waals surface area contributed by atoms with Crippen molar-refractivity contribution in [2.24, 2.45) is 0 Å². The molecule has 0 bridgehead atoms. The van der Waals surface area contributed by atoms with E-state index in [4.69, 9.17) is 11.6 Å². The van der Waals surface area contributed by atoms with Gasteiger partial charge in [-0.2, -0.15) is 0 Å². The van der Waals surface area contributed by atoms with Gasteiger partial charge in [0.1, 0.15) is 10.9 Å². The van der Waals surface area contributed by atoms with Crippen LogP contribution in [0.2, 0.25) is 5.15 Å². The highest BCUT2D eigenvalue weighted by atomic mass is 35.5. The molecule has 0 radical (unpaired) electrons. The lowest BCUT2D eigenvalue weighted by Gasteiger charge is -1.98. The van der Waals surface area contributed by atoms with Crippen LogP contribution in [-0.4, -0.2) is 10.1 Å². The number of nitrogens with zero attached hydrogens (tertiary/aromatic N) is 1. The largest absolute Gasteiger partial charge is 0.508 e. The molecule has 1 aromatic carbocycles. The highest BCUT2D eigenvalue weighted by Crippen LogP contribution is 2.35. The van der Waals surface area contributed by atoms with Crippen LogP contribution >= 0.6 is 22.9 Å². The van der Waals surface area contributed by atoms with Crippen molar-refractivity contribution in [2.45, 2.75) is 0 Å². The van der Waals surface area contributed by atoms with Gasteiger partial charge in [-0.3, -0.25) is 0 Å². The Morgan fingerprint density at radius 1 is 0.895 bits per heavy atom. The number of halogens is 1. The third kappa shape index (κ3) is 2.62. The molecule has 0 spiro atoms. The quantitative estimate of drug-likeness (QED) is 0.684. The molecule has 0 saturated heterocycles. The van der Waals surface area contributed by atoms with Crippen LogP contribution in [0.5, 0.6) is 5.75 Å². The molecule has 94 valence electrons. The predicted molar refractivity (Wildman–Crippen MR) is 79.7 cm³/mol. The van der Waals surface area contributed by atoms with Gasteiger partial charge in [-0.25, -0.2) is 4.98 Å². The third-order valence-electron chi connectivity index (χ3n) is 2.77. The van der Waals surface area contributed by atoms with Gasteiger partial charge in [-0.05, 0) is 59.7 Å². The second-order valence-corrected chi connectivity index (χ2v) is 5.55. The molecule has 0 aliphatic heterocycles. The Bertz CT molecular complexity index is 706. The second-order valence-electron chi connectivity index (χ2n) is 4.08. The molecule has 0 fully saturated rings. The molecule has 2 aromatic heterocycles. The van der Waals surface area contributed by atoms with Gasteiger partial charge < -0.3 is 5.11 Å². The Labute approximate surface area is 120 Å². The van der Waals surface area contributed by atoms with E-state index >= 15 is 0 Å². The fourth-order valence-corrected chi connectivity index (χ4v) is 3.01. The van der Waals surface area contributed by atoms with E-state index in [0.717, 1.165) is 20.9 Å². The van der Waals surface area contributed by atoms with E-state index in [9.17, 15) is 5.11 Å². The zero-order chi connectivity index (χ0) is 13.2. The fourth-order valence-electron chi connectivity index (χ4n) is 1.83.